The van der Waals surface area contributed by atoms with Crippen molar-refractivity contribution >= 4 is 0 Å². The van der Waals surface area contributed by atoms with Crippen molar-refractivity contribution in [2.24, 2.45) is 5.92 Å². The second kappa shape index (κ2) is 4.17. The molecule has 2 rings (SSSR count). The molecule has 0 bridgehead atoms. The standard InChI is InChI=1S/C12H15FI/c1-3-9(12-7-14-12)10-6-8(2)4-5-11(10)13/h3,5,8,12H,1,4,6-7H2,2H3/q-1/b10-9+. The molecule has 0 aromatic rings. The Morgan fingerprint density at radius 3 is 3.00 bits per heavy atom. The average molecular weight is 305 g/mol. The molecule has 0 aromatic heterocycles. The molecule has 78 valence electrons. The molecule has 1 aliphatic carbocycles. The third kappa shape index (κ3) is 2.10. The molecule has 0 saturated carbocycles. The van der Waals surface area contributed by atoms with E-state index in [4.69, 9.17) is 0 Å². The number of halogens is 2. The second-order valence-electron chi connectivity index (χ2n) is 4.01. The van der Waals surface area contributed by atoms with Gasteiger partial charge in [0.2, 0.25) is 0 Å². The second-order valence-corrected chi connectivity index (χ2v) is 7.28. The van der Waals surface area contributed by atoms with E-state index in [-0.39, 0.29) is 5.83 Å². The monoisotopic (exact) mass is 305 g/mol. The van der Waals surface area contributed by atoms with Gasteiger partial charge in [0.1, 0.15) is 0 Å². The molecule has 0 spiro atoms. The predicted octanol–water partition coefficient (Wildman–Crippen LogP) is 0.224. The normalized spacial score (nSPS) is 35.4. The van der Waals surface area contributed by atoms with Crippen molar-refractivity contribution in [2.75, 3.05) is 4.43 Å². The minimum absolute atomic E-state index is 0.0221. The van der Waals surface area contributed by atoms with Crippen LogP contribution in [0.25, 0.3) is 0 Å². The van der Waals surface area contributed by atoms with Crippen LogP contribution in [0.15, 0.2) is 35.7 Å². The topological polar surface area (TPSA) is 0 Å². The molecule has 0 N–H and O–H groups in total. The van der Waals surface area contributed by atoms with Crippen molar-refractivity contribution in [3.05, 3.63) is 35.7 Å². The number of hydrogen-bond acceptors (Lipinski definition) is 0. The van der Waals surface area contributed by atoms with Crippen molar-refractivity contribution in [2.45, 2.75) is 23.7 Å². The van der Waals surface area contributed by atoms with E-state index in [1.54, 1.807) is 6.08 Å². The summed E-state index contributed by atoms with van der Waals surface area (Å²) in [5, 5.41) is 0. The molecule has 2 atom stereocenters. The van der Waals surface area contributed by atoms with Crippen LogP contribution in [-0.2, 0) is 0 Å². The van der Waals surface area contributed by atoms with E-state index >= 15 is 0 Å². The Hall–Kier alpha value is -0.120. The third-order valence-corrected chi connectivity index (χ3v) is 5.19. The van der Waals surface area contributed by atoms with E-state index in [2.05, 4.69) is 13.5 Å². The Labute approximate surface area is 95.2 Å². The molecule has 1 fully saturated rings. The van der Waals surface area contributed by atoms with Crippen molar-refractivity contribution in [3.8, 4) is 0 Å². The first kappa shape index (κ1) is 10.4. The van der Waals surface area contributed by atoms with Crippen LogP contribution in [0.2, 0.25) is 0 Å². The summed E-state index contributed by atoms with van der Waals surface area (Å²) in [5.41, 5.74) is 2.18. The first-order chi connectivity index (χ1) is 6.72. The number of hydrogen-bond donors (Lipinski definition) is 0. The predicted molar refractivity (Wildman–Crippen MR) is 53.5 cm³/mol. The molecular formula is C12H15FI-. The van der Waals surface area contributed by atoms with Crippen molar-refractivity contribution in [1.29, 1.82) is 0 Å². The molecule has 1 heterocycles. The van der Waals surface area contributed by atoms with E-state index < -0.39 is 0 Å². The van der Waals surface area contributed by atoms with Crippen LogP contribution >= 0.6 is 0 Å². The summed E-state index contributed by atoms with van der Waals surface area (Å²) >= 11 is 0.343. The molecule has 0 radical (unpaired) electrons. The summed E-state index contributed by atoms with van der Waals surface area (Å²) < 4.78 is 15.7. The Kier molecular flexibility index (Phi) is 3.10. The number of allylic oxidation sites excluding steroid dienone is 5. The van der Waals surface area contributed by atoms with E-state index in [9.17, 15) is 4.39 Å². The molecule has 0 nitrogen and oxygen atoms in total. The van der Waals surface area contributed by atoms with Gasteiger partial charge < -0.3 is 0 Å². The van der Waals surface area contributed by atoms with Gasteiger partial charge in [0.05, 0.1) is 0 Å². The third-order valence-electron chi connectivity index (χ3n) is 2.75. The van der Waals surface area contributed by atoms with Gasteiger partial charge in [-0.3, -0.25) is 0 Å². The van der Waals surface area contributed by atoms with Crippen LogP contribution in [0, 0.1) is 5.92 Å². The molecule has 1 saturated heterocycles. The average Bonchev–Trinajstić information content (AvgIpc) is 2.96. The van der Waals surface area contributed by atoms with Crippen LogP contribution < -0.4 is 21.2 Å². The van der Waals surface area contributed by atoms with Gasteiger partial charge in [-0.1, -0.05) is 0 Å². The van der Waals surface area contributed by atoms with Crippen LogP contribution in [0.4, 0.5) is 4.39 Å². The molecule has 2 heteroatoms. The zero-order chi connectivity index (χ0) is 10.1. The van der Waals surface area contributed by atoms with Gasteiger partial charge >= 0.3 is 95.3 Å². The molecule has 2 unspecified atom stereocenters. The van der Waals surface area contributed by atoms with E-state index in [0.717, 1.165) is 18.4 Å². The fourth-order valence-electron chi connectivity index (χ4n) is 1.86. The van der Waals surface area contributed by atoms with Crippen molar-refractivity contribution < 1.29 is 25.6 Å². The van der Waals surface area contributed by atoms with Crippen LogP contribution in [0.3, 0.4) is 0 Å². The van der Waals surface area contributed by atoms with Crippen LogP contribution in [-0.4, -0.2) is 8.35 Å². The molecule has 0 amide bonds. The number of alkyl halides is 2. The Morgan fingerprint density at radius 1 is 1.71 bits per heavy atom. The van der Waals surface area contributed by atoms with Gasteiger partial charge in [-0.2, -0.15) is 0 Å². The summed E-state index contributed by atoms with van der Waals surface area (Å²) in [7, 11) is 0. The zero-order valence-corrected chi connectivity index (χ0v) is 10.6. The van der Waals surface area contributed by atoms with Crippen molar-refractivity contribution in [3.63, 3.8) is 0 Å². The van der Waals surface area contributed by atoms with Crippen molar-refractivity contribution in [1.82, 2.24) is 0 Å². The number of rotatable bonds is 2. The minimum atomic E-state index is 0.0221. The Morgan fingerprint density at radius 2 is 2.43 bits per heavy atom. The summed E-state index contributed by atoms with van der Waals surface area (Å²) in [6, 6.07) is 0. The summed E-state index contributed by atoms with van der Waals surface area (Å²) in [6.07, 6.45) is 5.43. The summed E-state index contributed by atoms with van der Waals surface area (Å²) in [5.74, 6) is 0.616. The zero-order valence-electron chi connectivity index (χ0n) is 8.39. The van der Waals surface area contributed by atoms with Gasteiger partial charge in [-0.15, -0.1) is 0 Å². The van der Waals surface area contributed by atoms with Gasteiger partial charge in [-0.05, 0) is 0 Å². The van der Waals surface area contributed by atoms with Crippen LogP contribution in [0.5, 0.6) is 0 Å². The summed E-state index contributed by atoms with van der Waals surface area (Å²) in [4.78, 5) is 0. The Bertz CT molecular complexity index is 310. The summed E-state index contributed by atoms with van der Waals surface area (Å²) in [6.45, 7) is 6.01. The van der Waals surface area contributed by atoms with Crippen LogP contribution in [0.1, 0.15) is 19.8 Å². The SMILES string of the molecule is C=C/C(=C1/CC(C)CC=C1F)C1C[I-]1. The van der Waals surface area contributed by atoms with E-state index in [1.165, 1.54) is 10.0 Å². The molecule has 14 heavy (non-hydrogen) atoms. The maximum absolute atomic E-state index is 13.6. The molecule has 1 aliphatic heterocycles. The van der Waals surface area contributed by atoms with E-state index in [1.807, 2.05) is 6.08 Å². The fraction of sp³-hybridized carbons (Fsp3) is 0.500. The van der Waals surface area contributed by atoms with Gasteiger partial charge in [-0.25, -0.2) is 0 Å². The van der Waals surface area contributed by atoms with Gasteiger partial charge in [0.15, 0.2) is 0 Å². The Balaban J connectivity index is 2.32. The first-order valence-electron chi connectivity index (χ1n) is 5.01. The first-order valence-corrected chi connectivity index (χ1v) is 7.78. The van der Waals surface area contributed by atoms with Gasteiger partial charge in [0, 0.05) is 0 Å². The molecule has 0 aromatic carbocycles. The maximum atomic E-state index is 13.6. The van der Waals surface area contributed by atoms with Gasteiger partial charge in [0.25, 0.3) is 0 Å². The molecular weight excluding hydrogens is 290 g/mol. The fourth-order valence-corrected chi connectivity index (χ4v) is 3.70. The van der Waals surface area contributed by atoms with E-state index in [0.29, 0.717) is 31.0 Å². The quantitative estimate of drug-likeness (QED) is 0.506. The molecule has 2 aliphatic rings.